The number of fused-ring (bicyclic) bond motifs is 1. The molecule has 11 heteroatoms. The van der Waals surface area contributed by atoms with Crippen molar-refractivity contribution in [1.82, 2.24) is 25.2 Å². The normalized spacial score (nSPS) is 16.1. The minimum absolute atomic E-state index is 0.0132. The average molecular weight is 507 g/mol. The number of carboxylic acid groups (broad SMARTS) is 1. The molecule has 1 aliphatic rings. The largest absolute Gasteiger partial charge is 0.465 e. The number of urea groups is 1. The van der Waals surface area contributed by atoms with E-state index in [9.17, 15) is 14.7 Å². The molecule has 1 atom stereocenters. The van der Waals surface area contributed by atoms with E-state index in [1.54, 1.807) is 23.2 Å². The average Bonchev–Trinajstić information content (AvgIpc) is 2.83. The second-order valence-electron chi connectivity index (χ2n) is 10.5. The monoisotopic (exact) mass is 506 g/mol. The van der Waals surface area contributed by atoms with Crippen molar-refractivity contribution in [3.05, 3.63) is 42.6 Å². The minimum atomic E-state index is -0.870. The van der Waals surface area contributed by atoms with Crippen LogP contribution in [0.5, 0.6) is 0 Å². The molecule has 4 N–H and O–H groups in total. The number of carbonyl (C=O) groups is 2. The number of pyridine rings is 1. The van der Waals surface area contributed by atoms with Crippen molar-refractivity contribution in [3.8, 4) is 0 Å². The summed E-state index contributed by atoms with van der Waals surface area (Å²) in [6, 6.07) is 11.0. The molecule has 1 fully saturated rings. The lowest BCUT2D eigenvalue weighted by molar-refractivity contribution is 0.0748. The number of hydrogen-bond donors (Lipinski definition) is 4. The van der Waals surface area contributed by atoms with Crippen molar-refractivity contribution in [1.29, 1.82) is 0 Å². The molecule has 11 nitrogen and oxygen atoms in total. The molecule has 1 aromatic carbocycles. The van der Waals surface area contributed by atoms with Crippen LogP contribution in [0.3, 0.4) is 0 Å². The van der Waals surface area contributed by atoms with E-state index in [-0.39, 0.29) is 23.5 Å². The second kappa shape index (κ2) is 10.5. The SMILES string of the molecule is CC(C)NC(=O)Nc1ccc2cnc(Nc3ccc(N4CCN(C(=O)O)C(C(C)(C)C)C4)cc3)nc2n1. The smallest absolute Gasteiger partial charge is 0.407 e. The third-order valence-corrected chi connectivity index (χ3v) is 6.22. The summed E-state index contributed by atoms with van der Waals surface area (Å²) >= 11 is 0. The maximum absolute atomic E-state index is 12.0. The number of nitrogens with one attached hydrogen (secondary N) is 3. The summed E-state index contributed by atoms with van der Waals surface area (Å²) in [6.45, 7) is 11.7. The van der Waals surface area contributed by atoms with Crippen molar-refractivity contribution in [3.63, 3.8) is 0 Å². The fraction of sp³-hybridized carbons (Fsp3) is 0.423. The number of anilines is 4. The van der Waals surface area contributed by atoms with Gasteiger partial charge in [0.1, 0.15) is 5.82 Å². The van der Waals surface area contributed by atoms with Crippen LogP contribution >= 0.6 is 0 Å². The molecule has 37 heavy (non-hydrogen) atoms. The molecule has 2 aromatic heterocycles. The van der Waals surface area contributed by atoms with Crippen LogP contribution in [-0.4, -0.2) is 68.8 Å². The Morgan fingerprint density at radius 3 is 2.43 bits per heavy atom. The zero-order chi connectivity index (χ0) is 26.7. The Bertz CT molecular complexity index is 1270. The molecule has 4 rings (SSSR count). The van der Waals surface area contributed by atoms with Gasteiger partial charge < -0.3 is 25.5 Å². The van der Waals surface area contributed by atoms with Crippen LogP contribution in [-0.2, 0) is 0 Å². The number of amides is 3. The van der Waals surface area contributed by atoms with Gasteiger partial charge in [0.2, 0.25) is 5.95 Å². The van der Waals surface area contributed by atoms with Crippen LogP contribution in [0.1, 0.15) is 34.6 Å². The third kappa shape index (κ3) is 6.35. The molecular formula is C26H34N8O3. The van der Waals surface area contributed by atoms with E-state index in [0.717, 1.165) is 16.8 Å². The zero-order valence-electron chi connectivity index (χ0n) is 21.8. The minimum Gasteiger partial charge on any atom is -0.465 e. The zero-order valence-corrected chi connectivity index (χ0v) is 21.8. The van der Waals surface area contributed by atoms with Crippen LogP contribution in [0.4, 0.5) is 32.7 Å². The molecule has 3 amide bonds. The van der Waals surface area contributed by atoms with Gasteiger partial charge in [-0.3, -0.25) is 5.32 Å². The summed E-state index contributed by atoms with van der Waals surface area (Å²) in [4.78, 5) is 40.8. The van der Waals surface area contributed by atoms with Crippen LogP contribution in [0.2, 0.25) is 0 Å². The summed E-state index contributed by atoms with van der Waals surface area (Å²) in [5, 5.41) is 19.0. The molecule has 0 bridgehead atoms. The Labute approximate surface area is 216 Å². The molecule has 196 valence electrons. The molecule has 3 heterocycles. The van der Waals surface area contributed by atoms with Gasteiger partial charge in [-0.2, -0.15) is 4.98 Å². The second-order valence-corrected chi connectivity index (χ2v) is 10.5. The van der Waals surface area contributed by atoms with E-state index in [1.807, 2.05) is 38.1 Å². The first kappa shape index (κ1) is 25.9. The van der Waals surface area contributed by atoms with Crippen molar-refractivity contribution in [2.75, 3.05) is 35.2 Å². The summed E-state index contributed by atoms with van der Waals surface area (Å²) < 4.78 is 0. The maximum Gasteiger partial charge on any atom is 0.407 e. The molecule has 3 aromatic rings. The molecule has 1 aliphatic heterocycles. The van der Waals surface area contributed by atoms with Gasteiger partial charge in [0, 0.05) is 48.6 Å². The van der Waals surface area contributed by atoms with Crippen LogP contribution in [0, 0.1) is 5.41 Å². The lowest BCUT2D eigenvalue weighted by atomic mass is 9.84. The number of rotatable bonds is 5. The molecule has 1 saturated heterocycles. The Hall–Kier alpha value is -4.15. The van der Waals surface area contributed by atoms with Gasteiger partial charge in [0.25, 0.3) is 0 Å². The summed E-state index contributed by atoms with van der Waals surface area (Å²) in [6.07, 6.45) is 0.809. The van der Waals surface area contributed by atoms with Crippen molar-refractivity contribution in [2.24, 2.45) is 5.41 Å². The Morgan fingerprint density at radius 2 is 1.78 bits per heavy atom. The number of carbonyl (C=O) groups excluding carboxylic acids is 1. The fourth-order valence-corrected chi connectivity index (χ4v) is 4.33. The Balaban J connectivity index is 1.45. The fourth-order valence-electron chi connectivity index (χ4n) is 4.33. The number of hydrogen-bond acceptors (Lipinski definition) is 7. The number of benzene rings is 1. The van der Waals surface area contributed by atoms with E-state index in [4.69, 9.17) is 0 Å². The highest BCUT2D eigenvalue weighted by atomic mass is 16.4. The molecule has 0 spiro atoms. The standard InChI is InChI=1S/C26H34N8O3/c1-16(2)28-24(35)31-21-11-6-17-14-27-23(32-22(17)30-21)29-18-7-9-19(10-8-18)33-12-13-34(25(36)37)20(15-33)26(3,4)5/h6-11,14,16,20H,12-13,15H2,1-5H3,(H,36,37)(H3,27,28,29,30,31,32,35). The molecule has 1 unspecified atom stereocenters. The van der Waals surface area contributed by atoms with Crippen LogP contribution in [0.25, 0.3) is 11.0 Å². The van der Waals surface area contributed by atoms with E-state index < -0.39 is 6.09 Å². The van der Waals surface area contributed by atoms with E-state index in [2.05, 4.69) is 56.6 Å². The van der Waals surface area contributed by atoms with E-state index >= 15 is 0 Å². The number of aromatic nitrogens is 3. The number of piperazine rings is 1. The van der Waals surface area contributed by atoms with Crippen molar-refractivity contribution < 1.29 is 14.7 Å². The highest BCUT2D eigenvalue weighted by molar-refractivity contribution is 5.89. The first-order valence-corrected chi connectivity index (χ1v) is 12.3. The van der Waals surface area contributed by atoms with Gasteiger partial charge in [0.05, 0.1) is 6.04 Å². The topological polar surface area (TPSA) is 136 Å². The van der Waals surface area contributed by atoms with Gasteiger partial charge in [-0.05, 0) is 55.7 Å². The lowest BCUT2D eigenvalue weighted by Gasteiger charge is -2.46. The summed E-state index contributed by atoms with van der Waals surface area (Å²) in [5.41, 5.74) is 2.13. The molecule has 0 radical (unpaired) electrons. The van der Waals surface area contributed by atoms with Gasteiger partial charge in [-0.15, -0.1) is 0 Å². The first-order valence-electron chi connectivity index (χ1n) is 12.3. The van der Waals surface area contributed by atoms with Gasteiger partial charge in [0.15, 0.2) is 5.65 Å². The quantitative estimate of drug-likeness (QED) is 0.397. The molecular weight excluding hydrogens is 472 g/mol. The third-order valence-electron chi connectivity index (χ3n) is 6.22. The summed E-state index contributed by atoms with van der Waals surface area (Å²) in [5.74, 6) is 0.788. The van der Waals surface area contributed by atoms with Crippen molar-refractivity contribution in [2.45, 2.75) is 46.7 Å². The highest BCUT2D eigenvalue weighted by Crippen LogP contribution is 2.30. The highest BCUT2D eigenvalue weighted by Gasteiger charge is 2.38. The Kier molecular flexibility index (Phi) is 7.33. The Morgan fingerprint density at radius 1 is 1.05 bits per heavy atom. The predicted molar refractivity (Wildman–Crippen MR) is 145 cm³/mol. The van der Waals surface area contributed by atoms with Gasteiger partial charge in [-0.25, -0.2) is 19.6 Å². The van der Waals surface area contributed by atoms with E-state index in [1.165, 1.54) is 0 Å². The molecule has 0 saturated carbocycles. The predicted octanol–water partition coefficient (Wildman–Crippen LogP) is 4.51. The van der Waals surface area contributed by atoms with E-state index in [0.29, 0.717) is 37.0 Å². The maximum atomic E-state index is 12.0. The lowest BCUT2D eigenvalue weighted by Crippen LogP contribution is -2.59. The number of nitrogens with zero attached hydrogens (tertiary/aromatic N) is 5. The van der Waals surface area contributed by atoms with Crippen molar-refractivity contribution >= 4 is 46.3 Å². The van der Waals surface area contributed by atoms with Crippen LogP contribution in [0.15, 0.2) is 42.6 Å². The van der Waals surface area contributed by atoms with Gasteiger partial charge >= 0.3 is 12.1 Å². The van der Waals surface area contributed by atoms with Crippen LogP contribution < -0.4 is 20.9 Å². The summed E-state index contributed by atoms with van der Waals surface area (Å²) in [7, 11) is 0. The van der Waals surface area contributed by atoms with Gasteiger partial charge in [-0.1, -0.05) is 20.8 Å². The molecule has 0 aliphatic carbocycles. The first-order chi connectivity index (χ1) is 17.5.